The van der Waals surface area contributed by atoms with Crippen LogP contribution in [0.4, 0.5) is 25.8 Å². The highest BCUT2D eigenvalue weighted by Gasteiger charge is 2.16. The van der Waals surface area contributed by atoms with Crippen LogP contribution in [0.5, 0.6) is 5.75 Å². The molecule has 0 unspecified atom stereocenters. The van der Waals surface area contributed by atoms with Crippen LogP contribution >= 0.6 is 0 Å². The van der Waals surface area contributed by atoms with Crippen molar-refractivity contribution in [3.8, 4) is 5.75 Å². The lowest BCUT2D eigenvalue weighted by Gasteiger charge is -2.15. The number of carbonyl (C=O) groups is 1. The van der Waals surface area contributed by atoms with Gasteiger partial charge in [0.1, 0.15) is 23.8 Å². The Balaban J connectivity index is 0.00000168. The van der Waals surface area contributed by atoms with Crippen molar-refractivity contribution in [2.24, 2.45) is 4.99 Å². The van der Waals surface area contributed by atoms with Gasteiger partial charge in [-0.2, -0.15) is 0 Å². The Kier molecular flexibility index (Phi) is 14.9. The molecule has 6 nitrogen and oxygen atoms in total. The van der Waals surface area contributed by atoms with Crippen molar-refractivity contribution >= 4 is 34.9 Å². The van der Waals surface area contributed by atoms with Gasteiger partial charge in [-0.1, -0.05) is 33.3 Å². The molecule has 0 saturated carbocycles. The molecular weight excluding hydrogens is 488 g/mol. The van der Waals surface area contributed by atoms with Gasteiger partial charge in [-0.05, 0) is 57.9 Å². The molecule has 2 aromatic rings. The topological polar surface area (TPSA) is 72.0 Å². The normalized spacial score (nSPS) is 11.1. The van der Waals surface area contributed by atoms with Crippen LogP contribution in [0.2, 0.25) is 0 Å². The number of alkyl halides is 1. The summed E-state index contributed by atoms with van der Waals surface area (Å²) in [6.45, 7) is 13.7. The predicted octanol–water partition coefficient (Wildman–Crippen LogP) is 8.32. The molecule has 0 bridgehead atoms. The number of hydrogen-bond acceptors (Lipinski definition) is 5. The van der Waals surface area contributed by atoms with E-state index in [1.807, 2.05) is 0 Å². The van der Waals surface area contributed by atoms with Crippen LogP contribution in [0.1, 0.15) is 72.3 Å². The standard InChI is InChI=1S/C26H33F2N3O3.C4H10/c1-6-29-23-17-21(34-15-14-33-5)16-22(27)25(23)18(2)30-19-9-11-20(12-10-19)31-24(32)8-7-13-26(3,4)28;1-3-4-2/h6,9-12,16-17,30H,2,7-8,13-15H2,1,3-5H3,(H,31,32);3-4H2,1-2H3. The molecule has 0 spiro atoms. The Bertz CT molecular complexity index is 1030. The lowest BCUT2D eigenvalue weighted by atomic mass is 10.0. The molecule has 0 fully saturated rings. The SMILES string of the molecule is C=C(Nc1ccc(NC(=O)CCCC(C)(C)F)cc1)c1c(F)cc(OCCOC)cc1N=CC.CCCC. The van der Waals surface area contributed by atoms with E-state index < -0.39 is 11.5 Å². The van der Waals surface area contributed by atoms with Gasteiger partial charge in [-0.25, -0.2) is 8.78 Å². The number of unbranched alkanes of at least 4 members (excludes halogenated alkanes) is 1. The molecule has 0 aromatic heterocycles. The summed E-state index contributed by atoms with van der Waals surface area (Å²) < 4.78 is 38.9. The van der Waals surface area contributed by atoms with Gasteiger partial charge in [0.25, 0.3) is 0 Å². The van der Waals surface area contributed by atoms with Crippen molar-refractivity contribution in [2.75, 3.05) is 31.0 Å². The van der Waals surface area contributed by atoms with E-state index in [4.69, 9.17) is 9.47 Å². The van der Waals surface area contributed by atoms with E-state index in [0.717, 1.165) is 0 Å². The number of rotatable bonds is 14. The largest absolute Gasteiger partial charge is 0.491 e. The first kappa shape index (κ1) is 32.8. The van der Waals surface area contributed by atoms with Gasteiger partial charge in [0.2, 0.25) is 5.91 Å². The van der Waals surface area contributed by atoms with E-state index in [1.165, 1.54) is 32.8 Å². The first-order chi connectivity index (χ1) is 18.0. The van der Waals surface area contributed by atoms with E-state index in [0.29, 0.717) is 54.6 Å². The molecule has 2 aromatic carbocycles. The summed E-state index contributed by atoms with van der Waals surface area (Å²) in [5, 5.41) is 5.87. The van der Waals surface area contributed by atoms with Crippen LogP contribution in [0.25, 0.3) is 5.70 Å². The van der Waals surface area contributed by atoms with E-state index >= 15 is 0 Å². The number of nitrogens with zero attached hydrogens (tertiary/aromatic N) is 1. The van der Waals surface area contributed by atoms with E-state index in [2.05, 4.69) is 36.1 Å². The number of methoxy groups -OCH3 is 1. The summed E-state index contributed by atoms with van der Waals surface area (Å²) in [5.74, 6) is -0.346. The fourth-order valence-corrected chi connectivity index (χ4v) is 3.20. The lowest BCUT2D eigenvalue weighted by molar-refractivity contribution is -0.116. The van der Waals surface area contributed by atoms with Gasteiger partial charge in [-0.3, -0.25) is 9.79 Å². The molecule has 210 valence electrons. The average Bonchev–Trinajstić information content (AvgIpc) is 2.84. The number of halogens is 2. The summed E-state index contributed by atoms with van der Waals surface area (Å²) >= 11 is 0. The maximum absolute atomic E-state index is 14.9. The molecule has 1 amide bonds. The Morgan fingerprint density at radius 3 is 2.21 bits per heavy atom. The van der Waals surface area contributed by atoms with E-state index in [-0.39, 0.29) is 17.9 Å². The second-order valence-corrected chi connectivity index (χ2v) is 9.33. The number of anilines is 2. The number of amides is 1. The van der Waals surface area contributed by atoms with Gasteiger partial charge in [0.15, 0.2) is 0 Å². The van der Waals surface area contributed by atoms with Crippen LogP contribution < -0.4 is 15.4 Å². The number of benzene rings is 2. The monoisotopic (exact) mass is 531 g/mol. The van der Waals surface area contributed by atoms with Crippen molar-refractivity contribution in [3.05, 3.63) is 54.4 Å². The van der Waals surface area contributed by atoms with Gasteiger partial charge >= 0.3 is 0 Å². The second kappa shape index (κ2) is 17.3. The third-order valence-electron chi connectivity index (χ3n) is 5.31. The summed E-state index contributed by atoms with van der Waals surface area (Å²) in [7, 11) is 1.56. The highest BCUT2D eigenvalue weighted by atomic mass is 19.1. The molecule has 0 aliphatic heterocycles. The zero-order valence-corrected chi connectivity index (χ0v) is 23.6. The third kappa shape index (κ3) is 12.8. The lowest BCUT2D eigenvalue weighted by Crippen LogP contribution is -2.15. The Hall–Kier alpha value is -3.26. The molecule has 0 aliphatic rings. The van der Waals surface area contributed by atoms with Crippen LogP contribution in [0.3, 0.4) is 0 Å². The Morgan fingerprint density at radius 1 is 1.08 bits per heavy atom. The van der Waals surface area contributed by atoms with Crippen LogP contribution in [-0.2, 0) is 9.53 Å². The summed E-state index contributed by atoms with van der Waals surface area (Å²) in [6.07, 6.45) is 5.25. The van der Waals surface area contributed by atoms with Crippen molar-refractivity contribution in [1.82, 2.24) is 0 Å². The zero-order chi connectivity index (χ0) is 28.6. The Labute approximate surface area is 226 Å². The highest BCUT2D eigenvalue weighted by molar-refractivity contribution is 5.91. The zero-order valence-electron chi connectivity index (χ0n) is 23.6. The molecule has 0 radical (unpaired) electrons. The molecule has 0 saturated heterocycles. The molecule has 0 heterocycles. The van der Waals surface area contributed by atoms with Gasteiger partial charge in [0, 0.05) is 48.9 Å². The maximum atomic E-state index is 14.9. The van der Waals surface area contributed by atoms with Crippen molar-refractivity contribution in [2.45, 2.75) is 72.4 Å². The molecule has 2 rings (SSSR count). The number of ether oxygens (including phenoxy) is 2. The fraction of sp³-hybridized carbons (Fsp3) is 0.467. The number of carbonyl (C=O) groups excluding carboxylic acids is 1. The quantitative estimate of drug-likeness (QED) is 0.190. The molecule has 38 heavy (non-hydrogen) atoms. The molecule has 2 N–H and O–H groups in total. The third-order valence-corrected chi connectivity index (χ3v) is 5.31. The first-order valence-electron chi connectivity index (χ1n) is 13.0. The molecule has 0 atom stereocenters. The van der Waals surface area contributed by atoms with Gasteiger partial charge < -0.3 is 20.1 Å². The number of nitrogens with one attached hydrogen (secondary N) is 2. The molecule has 8 heteroatoms. The first-order valence-corrected chi connectivity index (χ1v) is 13.0. The number of aliphatic imine (C=N–C) groups is 1. The molecular formula is C30H43F2N3O3. The summed E-state index contributed by atoms with van der Waals surface area (Å²) in [5.41, 5.74) is 0.925. The van der Waals surface area contributed by atoms with Crippen LogP contribution in [-0.4, -0.2) is 38.1 Å². The smallest absolute Gasteiger partial charge is 0.224 e. The fourth-order valence-electron chi connectivity index (χ4n) is 3.20. The minimum atomic E-state index is -1.28. The van der Waals surface area contributed by atoms with E-state index in [9.17, 15) is 13.6 Å². The van der Waals surface area contributed by atoms with Crippen LogP contribution in [0, 0.1) is 5.82 Å². The van der Waals surface area contributed by atoms with E-state index in [1.54, 1.807) is 50.6 Å². The predicted molar refractivity (Wildman–Crippen MR) is 155 cm³/mol. The minimum Gasteiger partial charge on any atom is -0.491 e. The molecule has 0 aliphatic carbocycles. The number of hydrogen-bond donors (Lipinski definition) is 2. The van der Waals surface area contributed by atoms with Gasteiger partial charge in [-0.15, -0.1) is 0 Å². The van der Waals surface area contributed by atoms with Crippen molar-refractivity contribution < 1.29 is 23.0 Å². The Morgan fingerprint density at radius 2 is 1.68 bits per heavy atom. The second-order valence-electron chi connectivity index (χ2n) is 9.33. The maximum Gasteiger partial charge on any atom is 0.224 e. The van der Waals surface area contributed by atoms with Crippen molar-refractivity contribution in [3.63, 3.8) is 0 Å². The average molecular weight is 532 g/mol. The summed E-state index contributed by atoms with van der Waals surface area (Å²) in [4.78, 5) is 16.3. The minimum absolute atomic E-state index is 0.175. The van der Waals surface area contributed by atoms with Gasteiger partial charge in [0.05, 0.1) is 17.9 Å². The summed E-state index contributed by atoms with van der Waals surface area (Å²) in [6, 6.07) is 9.86. The highest BCUT2D eigenvalue weighted by Crippen LogP contribution is 2.33. The van der Waals surface area contributed by atoms with Crippen molar-refractivity contribution in [1.29, 1.82) is 0 Å². The van der Waals surface area contributed by atoms with Crippen LogP contribution in [0.15, 0.2) is 48.0 Å².